The van der Waals surface area contributed by atoms with Crippen LogP contribution in [0.2, 0.25) is 0 Å². The molecule has 30 heavy (non-hydrogen) atoms. The molecule has 1 amide bonds. The molecule has 0 fully saturated rings. The van der Waals surface area contributed by atoms with Crippen molar-refractivity contribution in [2.75, 3.05) is 0 Å². The lowest BCUT2D eigenvalue weighted by Gasteiger charge is -2.24. The molecule has 0 unspecified atom stereocenters. The molecule has 8 heteroatoms. The second-order valence-corrected chi connectivity index (χ2v) is 8.63. The van der Waals surface area contributed by atoms with Gasteiger partial charge in [0.2, 0.25) is 5.82 Å². The SMILES string of the molecule is CC(C)(C)OC(=O)N(N)Cc1ccc(-c2nnn(C(C)(C)c3ccccc3)n2)cc1. The first kappa shape index (κ1) is 21.4. The third-order valence-electron chi connectivity index (χ3n) is 4.59. The van der Waals surface area contributed by atoms with Gasteiger partial charge >= 0.3 is 6.09 Å². The zero-order valence-electron chi connectivity index (χ0n) is 18.0. The molecule has 0 saturated heterocycles. The lowest BCUT2D eigenvalue weighted by Crippen LogP contribution is -2.40. The Balaban J connectivity index is 1.71. The van der Waals surface area contributed by atoms with Crippen LogP contribution in [-0.4, -0.2) is 36.9 Å². The van der Waals surface area contributed by atoms with Crippen molar-refractivity contribution in [3.05, 3.63) is 65.7 Å². The van der Waals surface area contributed by atoms with Crippen LogP contribution in [0.15, 0.2) is 54.6 Å². The molecular weight excluding hydrogens is 380 g/mol. The number of hydrogen-bond donors (Lipinski definition) is 1. The largest absolute Gasteiger partial charge is 0.443 e. The Hall–Kier alpha value is -3.26. The van der Waals surface area contributed by atoms with Gasteiger partial charge in [-0.05, 0) is 51.0 Å². The first-order valence-electron chi connectivity index (χ1n) is 9.77. The zero-order valence-corrected chi connectivity index (χ0v) is 18.0. The molecule has 3 aromatic rings. The van der Waals surface area contributed by atoms with Crippen LogP contribution in [0.4, 0.5) is 4.79 Å². The van der Waals surface area contributed by atoms with Gasteiger partial charge in [-0.3, -0.25) is 0 Å². The van der Waals surface area contributed by atoms with E-state index in [-0.39, 0.29) is 6.54 Å². The van der Waals surface area contributed by atoms with Gasteiger partial charge in [0.25, 0.3) is 0 Å². The monoisotopic (exact) mass is 408 g/mol. The molecule has 158 valence electrons. The Bertz CT molecular complexity index is 990. The minimum Gasteiger partial charge on any atom is -0.443 e. The number of hydrogen-bond acceptors (Lipinski definition) is 6. The fraction of sp³-hybridized carbons (Fsp3) is 0.364. The molecule has 0 bridgehead atoms. The van der Waals surface area contributed by atoms with Crippen molar-refractivity contribution >= 4 is 6.09 Å². The van der Waals surface area contributed by atoms with E-state index in [1.165, 1.54) is 0 Å². The van der Waals surface area contributed by atoms with Gasteiger partial charge in [0.1, 0.15) is 11.1 Å². The quantitative estimate of drug-likeness (QED) is 0.392. The third kappa shape index (κ3) is 5.01. The summed E-state index contributed by atoms with van der Waals surface area (Å²) in [6.45, 7) is 9.72. The highest BCUT2D eigenvalue weighted by atomic mass is 16.6. The Kier molecular flexibility index (Phi) is 5.89. The predicted molar refractivity (Wildman–Crippen MR) is 114 cm³/mol. The molecule has 2 N–H and O–H groups in total. The van der Waals surface area contributed by atoms with Crippen LogP contribution < -0.4 is 5.84 Å². The molecule has 0 radical (unpaired) electrons. The summed E-state index contributed by atoms with van der Waals surface area (Å²) in [5, 5.41) is 14.1. The average molecular weight is 409 g/mol. The lowest BCUT2D eigenvalue weighted by atomic mass is 9.95. The number of aromatic nitrogens is 4. The number of nitrogens with two attached hydrogens (primary N) is 1. The van der Waals surface area contributed by atoms with E-state index >= 15 is 0 Å². The highest BCUT2D eigenvalue weighted by Crippen LogP contribution is 2.24. The Morgan fingerprint density at radius 3 is 2.27 bits per heavy atom. The normalized spacial score (nSPS) is 11.9. The maximum atomic E-state index is 12.0. The average Bonchev–Trinajstić information content (AvgIpc) is 3.19. The van der Waals surface area contributed by atoms with E-state index in [4.69, 9.17) is 10.6 Å². The molecule has 0 aliphatic carbocycles. The van der Waals surface area contributed by atoms with E-state index in [0.717, 1.165) is 21.7 Å². The van der Waals surface area contributed by atoms with Gasteiger partial charge < -0.3 is 4.74 Å². The number of tetrazole rings is 1. The van der Waals surface area contributed by atoms with Gasteiger partial charge in [-0.1, -0.05) is 54.6 Å². The van der Waals surface area contributed by atoms with E-state index in [1.807, 2.05) is 68.4 Å². The summed E-state index contributed by atoms with van der Waals surface area (Å²) in [5.41, 5.74) is 1.76. The lowest BCUT2D eigenvalue weighted by molar-refractivity contribution is 0.0231. The number of ether oxygens (including phenoxy) is 1. The molecule has 0 spiro atoms. The molecule has 0 aliphatic rings. The summed E-state index contributed by atoms with van der Waals surface area (Å²) in [6.07, 6.45) is -0.570. The van der Waals surface area contributed by atoms with Crippen LogP contribution in [0.25, 0.3) is 11.4 Å². The van der Waals surface area contributed by atoms with Crippen molar-refractivity contribution in [3.8, 4) is 11.4 Å². The van der Waals surface area contributed by atoms with Gasteiger partial charge in [-0.2, -0.15) is 4.80 Å². The summed E-state index contributed by atoms with van der Waals surface area (Å²) in [7, 11) is 0. The summed E-state index contributed by atoms with van der Waals surface area (Å²) in [6, 6.07) is 17.6. The summed E-state index contributed by atoms with van der Waals surface area (Å²) < 4.78 is 5.27. The molecule has 1 aromatic heterocycles. The Morgan fingerprint density at radius 1 is 1.03 bits per heavy atom. The predicted octanol–water partition coefficient (Wildman–Crippen LogP) is 3.73. The fourth-order valence-corrected chi connectivity index (χ4v) is 2.87. The molecule has 0 atom stereocenters. The van der Waals surface area contributed by atoms with Crippen molar-refractivity contribution in [1.29, 1.82) is 0 Å². The molecule has 0 aliphatic heterocycles. The first-order valence-corrected chi connectivity index (χ1v) is 9.77. The van der Waals surface area contributed by atoms with Crippen LogP contribution in [0, 0.1) is 0 Å². The van der Waals surface area contributed by atoms with Crippen molar-refractivity contribution in [1.82, 2.24) is 25.2 Å². The number of carbonyl (C=O) groups is 1. The van der Waals surface area contributed by atoms with Gasteiger partial charge in [0.05, 0.1) is 6.54 Å². The summed E-state index contributed by atoms with van der Waals surface area (Å²) in [5.74, 6) is 6.36. The van der Waals surface area contributed by atoms with Crippen LogP contribution in [-0.2, 0) is 16.8 Å². The highest BCUT2D eigenvalue weighted by Gasteiger charge is 2.26. The van der Waals surface area contributed by atoms with Gasteiger partial charge in [-0.25, -0.2) is 15.6 Å². The highest BCUT2D eigenvalue weighted by molar-refractivity contribution is 5.67. The topological polar surface area (TPSA) is 99.2 Å². The first-order chi connectivity index (χ1) is 14.1. The zero-order chi connectivity index (χ0) is 21.9. The summed E-state index contributed by atoms with van der Waals surface area (Å²) in [4.78, 5) is 13.6. The van der Waals surface area contributed by atoms with Crippen LogP contribution in [0.5, 0.6) is 0 Å². The molecule has 3 rings (SSSR count). The second-order valence-electron chi connectivity index (χ2n) is 8.63. The van der Waals surface area contributed by atoms with Crippen LogP contribution in [0.3, 0.4) is 0 Å². The molecular formula is C22H28N6O2. The number of rotatable bonds is 5. The smallest absolute Gasteiger partial charge is 0.424 e. The van der Waals surface area contributed by atoms with Crippen LogP contribution >= 0.6 is 0 Å². The maximum Gasteiger partial charge on any atom is 0.424 e. The molecule has 8 nitrogen and oxygen atoms in total. The van der Waals surface area contributed by atoms with E-state index < -0.39 is 17.2 Å². The van der Waals surface area contributed by atoms with Crippen LogP contribution in [0.1, 0.15) is 45.7 Å². The fourth-order valence-electron chi connectivity index (χ4n) is 2.87. The number of hydrazine groups is 1. The van der Waals surface area contributed by atoms with Gasteiger partial charge in [0.15, 0.2) is 0 Å². The standard InChI is InChI=1S/C22H28N6O2/c1-21(2,3)30-20(29)27(23)15-16-11-13-17(14-12-16)19-24-26-28(25-19)22(4,5)18-9-7-6-8-10-18/h6-14H,15,23H2,1-5H3. The number of amides is 1. The van der Waals surface area contributed by atoms with E-state index in [9.17, 15) is 4.79 Å². The molecule has 2 aromatic carbocycles. The number of benzene rings is 2. The Morgan fingerprint density at radius 2 is 1.67 bits per heavy atom. The van der Waals surface area contributed by atoms with Gasteiger partial charge in [0, 0.05) is 5.56 Å². The van der Waals surface area contributed by atoms with E-state index in [1.54, 1.807) is 25.6 Å². The van der Waals surface area contributed by atoms with E-state index in [2.05, 4.69) is 15.4 Å². The molecule has 0 saturated carbocycles. The van der Waals surface area contributed by atoms with Crippen molar-refractivity contribution < 1.29 is 9.53 Å². The van der Waals surface area contributed by atoms with Crippen molar-refractivity contribution in [2.45, 2.75) is 52.3 Å². The Labute approximate surface area is 176 Å². The minimum absolute atomic E-state index is 0.232. The second kappa shape index (κ2) is 8.23. The number of nitrogens with zero attached hydrogens (tertiary/aromatic N) is 5. The van der Waals surface area contributed by atoms with E-state index in [0.29, 0.717) is 5.82 Å². The van der Waals surface area contributed by atoms with Crippen molar-refractivity contribution in [2.24, 2.45) is 5.84 Å². The maximum absolute atomic E-state index is 12.0. The van der Waals surface area contributed by atoms with Crippen molar-refractivity contribution in [3.63, 3.8) is 0 Å². The minimum atomic E-state index is -0.594. The number of carbonyl (C=O) groups excluding carboxylic acids is 1. The summed E-state index contributed by atoms with van der Waals surface area (Å²) >= 11 is 0. The molecule has 1 heterocycles. The third-order valence-corrected chi connectivity index (χ3v) is 4.59. The van der Waals surface area contributed by atoms with Gasteiger partial charge in [-0.15, -0.1) is 10.2 Å².